The second-order valence-corrected chi connectivity index (χ2v) is 5.23. The van der Waals surface area contributed by atoms with Gasteiger partial charge in [0.25, 0.3) is 5.76 Å². The molecule has 3 nitrogen and oxygen atoms in total. The minimum Gasteiger partial charge on any atom is -0.386 e. The Balaban J connectivity index is 1.97. The van der Waals surface area contributed by atoms with Crippen LogP contribution in [0.1, 0.15) is 16.8 Å². The summed E-state index contributed by atoms with van der Waals surface area (Å²) in [7, 11) is 0. The molecule has 0 fully saturated rings. The highest BCUT2D eigenvalue weighted by atomic mass is 32.2. The van der Waals surface area contributed by atoms with Crippen LogP contribution in [0.2, 0.25) is 0 Å². The highest BCUT2D eigenvalue weighted by Gasteiger charge is 2.16. The molecule has 0 saturated heterocycles. The molecule has 2 rings (SSSR count). The molecule has 1 aromatic rings. The number of hydrogen-bond donors (Lipinski definition) is 1. The molecule has 0 bridgehead atoms. The molecule has 0 saturated carbocycles. The van der Waals surface area contributed by atoms with E-state index in [0.29, 0.717) is 28.0 Å². The van der Waals surface area contributed by atoms with Crippen LogP contribution in [0.25, 0.3) is 0 Å². The second-order valence-electron chi connectivity index (χ2n) is 4.17. The Kier molecular flexibility index (Phi) is 4.42. The second kappa shape index (κ2) is 6.06. The molecular weight excluding hydrogens is 270 g/mol. The van der Waals surface area contributed by atoms with E-state index in [0.717, 1.165) is 13.0 Å². The smallest absolute Gasteiger partial charge is 0.288 e. The van der Waals surface area contributed by atoms with E-state index in [1.807, 2.05) is 11.0 Å². The van der Waals surface area contributed by atoms with E-state index >= 15 is 0 Å². The van der Waals surface area contributed by atoms with Crippen LogP contribution >= 0.6 is 11.8 Å². The number of carbonyl (C=O) groups excluding carboxylic acids is 1. The lowest BCUT2D eigenvalue weighted by molar-refractivity contribution is 0.0953. The summed E-state index contributed by atoms with van der Waals surface area (Å²) < 4.78 is 24.3. The number of Topliss-reactive ketones (excluding diaryl/α,β-unsaturated/α-hetero) is 1. The lowest BCUT2D eigenvalue weighted by Gasteiger charge is -2.18. The number of ketones is 1. The minimum atomic E-state index is -2.45. The van der Waals surface area contributed by atoms with Gasteiger partial charge in [0.2, 0.25) is 0 Å². The third-order valence-corrected chi connectivity index (χ3v) is 3.58. The van der Waals surface area contributed by atoms with Crippen molar-refractivity contribution in [2.75, 3.05) is 13.1 Å². The standard InChI is InChI=1S/C13H14F2N2OS/c14-13(15)19-10-5-3-9(4-6-10)11(18)8-17-7-1-2-12(17)16/h2-6,13H,1,7-8,16H2. The number of thioether (sulfide) groups is 1. The topological polar surface area (TPSA) is 46.3 Å². The molecule has 0 aliphatic carbocycles. The fourth-order valence-corrected chi connectivity index (χ4v) is 2.38. The predicted octanol–water partition coefficient (Wildman–Crippen LogP) is 2.69. The largest absolute Gasteiger partial charge is 0.386 e. The van der Waals surface area contributed by atoms with E-state index in [1.54, 1.807) is 12.1 Å². The lowest BCUT2D eigenvalue weighted by atomic mass is 10.1. The van der Waals surface area contributed by atoms with Crippen molar-refractivity contribution in [1.29, 1.82) is 0 Å². The van der Waals surface area contributed by atoms with Crippen molar-refractivity contribution >= 4 is 17.5 Å². The highest BCUT2D eigenvalue weighted by Crippen LogP contribution is 2.25. The van der Waals surface area contributed by atoms with Gasteiger partial charge in [0.15, 0.2) is 5.78 Å². The van der Waals surface area contributed by atoms with Crippen molar-refractivity contribution in [1.82, 2.24) is 4.90 Å². The van der Waals surface area contributed by atoms with Gasteiger partial charge in [0, 0.05) is 17.0 Å². The Morgan fingerprint density at radius 2 is 2.05 bits per heavy atom. The van der Waals surface area contributed by atoms with E-state index in [4.69, 9.17) is 5.73 Å². The van der Waals surface area contributed by atoms with Gasteiger partial charge in [0.1, 0.15) is 0 Å². The molecule has 1 aromatic carbocycles. The number of nitrogens with two attached hydrogens (primary N) is 1. The van der Waals surface area contributed by atoms with Gasteiger partial charge in [-0.1, -0.05) is 23.9 Å². The Bertz CT molecular complexity index is 488. The van der Waals surface area contributed by atoms with Gasteiger partial charge >= 0.3 is 0 Å². The molecule has 0 unspecified atom stereocenters. The Hall–Kier alpha value is -1.56. The van der Waals surface area contributed by atoms with Crippen molar-refractivity contribution in [2.24, 2.45) is 5.73 Å². The number of halogens is 2. The fourth-order valence-electron chi connectivity index (χ4n) is 1.88. The van der Waals surface area contributed by atoms with Gasteiger partial charge in [-0.05, 0) is 24.6 Å². The van der Waals surface area contributed by atoms with E-state index in [9.17, 15) is 13.6 Å². The molecule has 0 radical (unpaired) electrons. The van der Waals surface area contributed by atoms with Gasteiger partial charge in [-0.2, -0.15) is 8.78 Å². The number of hydrogen-bond acceptors (Lipinski definition) is 4. The summed E-state index contributed by atoms with van der Waals surface area (Å²) in [6, 6.07) is 6.21. The first-order chi connectivity index (χ1) is 9.06. The van der Waals surface area contributed by atoms with Crippen LogP contribution in [-0.4, -0.2) is 29.5 Å². The first-order valence-electron chi connectivity index (χ1n) is 5.85. The number of carbonyl (C=O) groups is 1. The number of rotatable bonds is 5. The van der Waals surface area contributed by atoms with Crippen LogP contribution in [0.5, 0.6) is 0 Å². The van der Waals surface area contributed by atoms with E-state index < -0.39 is 5.76 Å². The summed E-state index contributed by atoms with van der Waals surface area (Å²) in [5.41, 5.74) is 6.24. The molecule has 2 N–H and O–H groups in total. The van der Waals surface area contributed by atoms with E-state index in [1.165, 1.54) is 12.1 Å². The SMILES string of the molecule is NC1=CCCN1CC(=O)c1ccc(SC(F)F)cc1. The average Bonchev–Trinajstić information content (AvgIpc) is 2.75. The minimum absolute atomic E-state index is 0.0631. The summed E-state index contributed by atoms with van der Waals surface area (Å²) >= 11 is 0.468. The Morgan fingerprint density at radius 3 is 2.58 bits per heavy atom. The molecule has 0 aromatic heterocycles. The number of nitrogens with zero attached hydrogens (tertiary/aromatic N) is 1. The Morgan fingerprint density at radius 1 is 1.37 bits per heavy atom. The van der Waals surface area contributed by atoms with Crippen LogP contribution in [0.15, 0.2) is 41.1 Å². The molecule has 0 atom stereocenters. The first kappa shape index (κ1) is 13.9. The lowest BCUT2D eigenvalue weighted by Crippen LogP contribution is -2.30. The molecule has 0 amide bonds. The zero-order valence-electron chi connectivity index (χ0n) is 10.2. The van der Waals surface area contributed by atoms with Crippen LogP contribution in [0.3, 0.4) is 0 Å². The number of alkyl halides is 2. The summed E-state index contributed by atoms with van der Waals surface area (Å²) in [5.74, 6) is -1.89. The maximum atomic E-state index is 12.2. The molecule has 0 spiro atoms. The van der Waals surface area contributed by atoms with Gasteiger partial charge in [0.05, 0.1) is 12.4 Å². The van der Waals surface area contributed by atoms with Crippen molar-refractivity contribution in [3.05, 3.63) is 41.7 Å². The highest BCUT2D eigenvalue weighted by molar-refractivity contribution is 7.99. The van der Waals surface area contributed by atoms with Crippen LogP contribution in [0.4, 0.5) is 8.78 Å². The van der Waals surface area contributed by atoms with Gasteiger partial charge in [-0.25, -0.2) is 0 Å². The molecule has 1 aliphatic heterocycles. The van der Waals surface area contributed by atoms with Crippen molar-refractivity contribution < 1.29 is 13.6 Å². The maximum Gasteiger partial charge on any atom is 0.288 e. The van der Waals surface area contributed by atoms with Gasteiger partial charge in [-0.15, -0.1) is 0 Å². The monoisotopic (exact) mass is 284 g/mol. The molecule has 102 valence electrons. The van der Waals surface area contributed by atoms with Crippen molar-refractivity contribution in [2.45, 2.75) is 17.1 Å². The molecule has 1 aliphatic rings. The quantitative estimate of drug-likeness (QED) is 0.667. The normalized spacial score (nSPS) is 14.9. The molecule has 6 heteroatoms. The summed E-state index contributed by atoms with van der Waals surface area (Å²) in [6.07, 6.45) is 2.73. The van der Waals surface area contributed by atoms with Crippen molar-refractivity contribution in [3.8, 4) is 0 Å². The molecule has 1 heterocycles. The maximum absolute atomic E-state index is 12.2. The zero-order valence-corrected chi connectivity index (χ0v) is 11.0. The first-order valence-corrected chi connectivity index (χ1v) is 6.73. The van der Waals surface area contributed by atoms with Gasteiger partial charge in [-0.3, -0.25) is 4.79 Å². The average molecular weight is 284 g/mol. The fraction of sp³-hybridized carbons (Fsp3) is 0.308. The predicted molar refractivity (Wildman–Crippen MR) is 71.1 cm³/mol. The van der Waals surface area contributed by atoms with Crippen molar-refractivity contribution in [3.63, 3.8) is 0 Å². The third-order valence-electron chi connectivity index (χ3n) is 2.85. The van der Waals surface area contributed by atoms with Crippen LogP contribution < -0.4 is 5.73 Å². The van der Waals surface area contributed by atoms with Crippen LogP contribution in [0, 0.1) is 0 Å². The van der Waals surface area contributed by atoms with E-state index in [2.05, 4.69) is 0 Å². The Labute approximate surface area is 114 Å². The number of benzene rings is 1. The molecular formula is C13H14F2N2OS. The van der Waals surface area contributed by atoms with Gasteiger partial charge < -0.3 is 10.6 Å². The summed E-state index contributed by atoms with van der Waals surface area (Å²) in [4.78, 5) is 14.3. The zero-order chi connectivity index (χ0) is 13.8. The summed E-state index contributed by atoms with van der Waals surface area (Å²) in [5, 5.41) is 0. The summed E-state index contributed by atoms with van der Waals surface area (Å²) in [6.45, 7) is 0.973. The van der Waals surface area contributed by atoms with E-state index in [-0.39, 0.29) is 12.3 Å². The third kappa shape index (κ3) is 3.70. The van der Waals surface area contributed by atoms with Crippen LogP contribution in [-0.2, 0) is 0 Å². The molecule has 19 heavy (non-hydrogen) atoms.